The number of benzene rings is 4. The van der Waals surface area contributed by atoms with Crippen molar-refractivity contribution in [2.75, 3.05) is 5.43 Å². The van der Waals surface area contributed by atoms with Crippen LogP contribution in [0.15, 0.2) is 114 Å². The number of esters is 1. The standard InChI is InChI=1S/C30H23N3O2S/c1-21-9-8-14-25(19-21)29(34)35-26-17-15-22(16-18-26)20-31-33-30-32-27(23-10-4-2-5-11-23)28(36-30)24-12-6-3-7-13-24/h2-20H,1H3,(H,32,33)/b31-20-. The lowest BCUT2D eigenvalue weighted by atomic mass is 10.1. The van der Waals surface area contributed by atoms with E-state index in [1.165, 1.54) is 0 Å². The molecule has 36 heavy (non-hydrogen) atoms. The Balaban J connectivity index is 1.28. The van der Waals surface area contributed by atoms with Gasteiger partial charge in [-0.25, -0.2) is 9.78 Å². The van der Waals surface area contributed by atoms with Gasteiger partial charge in [0.25, 0.3) is 0 Å². The largest absolute Gasteiger partial charge is 0.423 e. The van der Waals surface area contributed by atoms with Crippen LogP contribution in [0.3, 0.4) is 0 Å². The van der Waals surface area contributed by atoms with Gasteiger partial charge in [-0.2, -0.15) is 5.10 Å². The van der Waals surface area contributed by atoms with Gasteiger partial charge >= 0.3 is 5.97 Å². The Morgan fingerprint density at radius 2 is 1.56 bits per heavy atom. The van der Waals surface area contributed by atoms with E-state index < -0.39 is 0 Å². The molecule has 1 aromatic heterocycles. The highest BCUT2D eigenvalue weighted by molar-refractivity contribution is 7.19. The van der Waals surface area contributed by atoms with E-state index in [1.54, 1.807) is 41.8 Å². The number of carbonyl (C=O) groups is 1. The number of nitrogens with one attached hydrogen (secondary N) is 1. The molecule has 0 aliphatic carbocycles. The Labute approximate surface area is 213 Å². The summed E-state index contributed by atoms with van der Waals surface area (Å²) in [6, 6.07) is 34.9. The normalized spacial score (nSPS) is 10.9. The summed E-state index contributed by atoms with van der Waals surface area (Å²) in [6.07, 6.45) is 1.71. The minimum absolute atomic E-state index is 0.381. The molecule has 5 nitrogen and oxygen atoms in total. The van der Waals surface area contributed by atoms with Gasteiger partial charge in [-0.05, 0) is 54.4 Å². The van der Waals surface area contributed by atoms with Crippen LogP contribution in [-0.4, -0.2) is 17.2 Å². The van der Waals surface area contributed by atoms with Crippen molar-refractivity contribution in [2.24, 2.45) is 5.10 Å². The van der Waals surface area contributed by atoms with Gasteiger partial charge in [-0.1, -0.05) is 89.7 Å². The summed E-state index contributed by atoms with van der Waals surface area (Å²) in [4.78, 5) is 18.2. The first-order chi connectivity index (χ1) is 17.7. The molecule has 5 rings (SSSR count). The second-order valence-corrected chi connectivity index (χ2v) is 9.13. The molecule has 6 heteroatoms. The van der Waals surface area contributed by atoms with Crippen LogP contribution in [0.2, 0.25) is 0 Å². The molecule has 0 fully saturated rings. The van der Waals surface area contributed by atoms with Crippen LogP contribution in [0.25, 0.3) is 21.7 Å². The topological polar surface area (TPSA) is 63.6 Å². The summed E-state index contributed by atoms with van der Waals surface area (Å²) >= 11 is 1.56. The van der Waals surface area contributed by atoms with Crippen LogP contribution in [0.1, 0.15) is 21.5 Å². The number of hydrogen-bond donors (Lipinski definition) is 1. The van der Waals surface area contributed by atoms with Crippen molar-refractivity contribution < 1.29 is 9.53 Å². The van der Waals surface area contributed by atoms with E-state index in [4.69, 9.17) is 9.72 Å². The molecule has 0 bridgehead atoms. The smallest absolute Gasteiger partial charge is 0.343 e. The minimum atomic E-state index is -0.381. The third-order valence-electron chi connectivity index (χ3n) is 5.43. The molecule has 0 radical (unpaired) electrons. The highest BCUT2D eigenvalue weighted by Crippen LogP contribution is 2.38. The molecule has 0 atom stereocenters. The van der Waals surface area contributed by atoms with Crippen molar-refractivity contribution in [1.82, 2.24) is 4.98 Å². The number of anilines is 1. The van der Waals surface area contributed by atoms with Gasteiger partial charge in [0.05, 0.1) is 22.3 Å². The average molecular weight is 490 g/mol. The molecule has 0 aliphatic heterocycles. The van der Waals surface area contributed by atoms with Crippen molar-refractivity contribution in [2.45, 2.75) is 6.92 Å². The molecule has 0 spiro atoms. The SMILES string of the molecule is Cc1cccc(C(=O)Oc2ccc(/C=N\Nc3nc(-c4ccccc4)c(-c4ccccc4)s3)cc2)c1. The van der Waals surface area contributed by atoms with E-state index in [9.17, 15) is 4.79 Å². The van der Waals surface area contributed by atoms with Gasteiger partial charge in [-0.3, -0.25) is 5.43 Å². The molecule has 176 valence electrons. The van der Waals surface area contributed by atoms with Crippen LogP contribution in [0, 0.1) is 6.92 Å². The van der Waals surface area contributed by atoms with Gasteiger partial charge in [0.15, 0.2) is 0 Å². The summed E-state index contributed by atoms with van der Waals surface area (Å²) in [7, 11) is 0. The maximum Gasteiger partial charge on any atom is 0.343 e. The summed E-state index contributed by atoms with van der Waals surface area (Å²) in [5, 5.41) is 5.07. The zero-order chi connectivity index (χ0) is 24.7. The molecule has 1 N–H and O–H groups in total. The maximum absolute atomic E-state index is 12.4. The Morgan fingerprint density at radius 1 is 0.861 bits per heavy atom. The van der Waals surface area contributed by atoms with E-state index in [0.717, 1.165) is 32.8 Å². The number of carbonyl (C=O) groups excluding carboxylic acids is 1. The van der Waals surface area contributed by atoms with E-state index in [2.05, 4.69) is 34.8 Å². The van der Waals surface area contributed by atoms with Crippen molar-refractivity contribution in [1.29, 1.82) is 0 Å². The van der Waals surface area contributed by atoms with Gasteiger partial charge in [0, 0.05) is 5.56 Å². The fourth-order valence-corrected chi connectivity index (χ4v) is 4.61. The molecule has 0 amide bonds. The zero-order valence-corrected chi connectivity index (χ0v) is 20.4. The Bertz CT molecular complexity index is 1440. The summed E-state index contributed by atoms with van der Waals surface area (Å²) < 4.78 is 5.48. The molecule has 0 saturated heterocycles. The van der Waals surface area contributed by atoms with Crippen molar-refractivity contribution in [3.8, 4) is 27.4 Å². The van der Waals surface area contributed by atoms with Gasteiger partial charge in [0.2, 0.25) is 5.13 Å². The van der Waals surface area contributed by atoms with Crippen LogP contribution in [0.4, 0.5) is 5.13 Å². The van der Waals surface area contributed by atoms with E-state index >= 15 is 0 Å². The second kappa shape index (κ2) is 10.8. The first-order valence-corrected chi connectivity index (χ1v) is 12.3. The number of aromatic nitrogens is 1. The van der Waals surface area contributed by atoms with Crippen LogP contribution in [0.5, 0.6) is 5.75 Å². The van der Waals surface area contributed by atoms with E-state index in [-0.39, 0.29) is 5.97 Å². The summed E-state index contributed by atoms with van der Waals surface area (Å²) in [5.41, 5.74) is 8.55. The summed E-state index contributed by atoms with van der Waals surface area (Å²) in [5.74, 6) is 0.0977. The van der Waals surface area contributed by atoms with Crippen LogP contribution in [-0.2, 0) is 0 Å². The second-order valence-electron chi connectivity index (χ2n) is 8.13. The maximum atomic E-state index is 12.4. The zero-order valence-electron chi connectivity index (χ0n) is 19.6. The molecular formula is C30H23N3O2S. The quantitative estimate of drug-likeness (QED) is 0.112. The first kappa shape index (κ1) is 23.2. The fraction of sp³-hybridized carbons (Fsp3) is 0.0333. The van der Waals surface area contributed by atoms with Crippen LogP contribution < -0.4 is 10.2 Å². The third kappa shape index (κ3) is 5.56. The number of hydrogen-bond acceptors (Lipinski definition) is 6. The minimum Gasteiger partial charge on any atom is -0.423 e. The fourth-order valence-electron chi connectivity index (χ4n) is 3.67. The molecule has 0 unspecified atom stereocenters. The lowest BCUT2D eigenvalue weighted by molar-refractivity contribution is 0.0734. The molecule has 0 aliphatic rings. The van der Waals surface area contributed by atoms with Crippen molar-refractivity contribution in [3.05, 3.63) is 126 Å². The van der Waals surface area contributed by atoms with Crippen LogP contribution >= 0.6 is 11.3 Å². The van der Waals surface area contributed by atoms with Crippen molar-refractivity contribution in [3.63, 3.8) is 0 Å². The third-order valence-corrected chi connectivity index (χ3v) is 6.44. The number of aryl methyl sites for hydroxylation is 1. The van der Waals surface area contributed by atoms with Gasteiger partial charge in [-0.15, -0.1) is 0 Å². The Kier molecular flexibility index (Phi) is 6.96. The van der Waals surface area contributed by atoms with E-state index in [0.29, 0.717) is 16.4 Å². The van der Waals surface area contributed by atoms with Gasteiger partial charge < -0.3 is 4.74 Å². The number of rotatable bonds is 7. The number of thiazole rings is 1. The predicted octanol–water partition coefficient (Wildman–Crippen LogP) is 7.45. The van der Waals surface area contributed by atoms with Crippen molar-refractivity contribution >= 4 is 28.7 Å². The number of hydrazone groups is 1. The monoisotopic (exact) mass is 489 g/mol. The lowest BCUT2D eigenvalue weighted by Crippen LogP contribution is -2.08. The highest BCUT2D eigenvalue weighted by atomic mass is 32.1. The van der Waals surface area contributed by atoms with Gasteiger partial charge in [0.1, 0.15) is 5.75 Å². The Morgan fingerprint density at radius 3 is 2.25 bits per heavy atom. The Hall–Kier alpha value is -4.55. The average Bonchev–Trinajstić information content (AvgIpc) is 3.35. The number of ether oxygens (including phenoxy) is 1. The lowest BCUT2D eigenvalue weighted by Gasteiger charge is -2.05. The molecule has 4 aromatic carbocycles. The summed E-state index contributed by atoms with van der Waals surface area (Å²) in [6.45, 7) is 1.94. The first-order valence-electron chi connectivity index (χ1n) is 11.5. The molecule has 5 aromatic rings. The number of nitrogens with zero attached hydrogens (tertiary/aromatic N) is 2. The molecular weight excluding hydrogens is 466 g/mol. The predicted molar refractivity (Wildman–Crippen MR) is 147 cm³/mol. The highest BCUT2D eigenvalue weighted by Gasteiger charge is 2.14. The molecule has 1 heterocycles. The molecule has 0 saturated carbocycles. The van der Waals surface area contributed by atoms with E-state index in [1.807, 2.05) is 67.6 Å².